The number of anilines is 1. The second-order valence-electron chi connectivity index (χ2n) is 4.80. The number of hydrogen-bond acceptors (Lipinski definition) is 3. The summed E-state index contributed by atoms with van der Waals surface area (Å²) in [7, 11) is 0. The Balaban J connectivity index is 2.03. The predicted molar refractivity (Wildman–Crippen MR) is 71.0 cm³/mol. The molecule has 1 aromatic rings. The first-order chi connectivity index (χ1) is 7.81. The molecule has 1 saturated carbocycles. The molecule has 0 spiro atoms. The Kier molecular flexibility index (Phi) is 4.22. The molecule has 0 aliphatic heterocycles. The van der Waals surface area contributed by atoms with Gasteiger partial charge in [-0.2, -0.15) is 0 Å². The van der Waals surface area contributed by atoms with Gasteiger partial charge in [-0.05, 0) is 25.7 Å². The van der Waals surface area contributed by atoms with Crippen molar-refractivity contribution in [3.8, 4) is 0 Å². The summed E-state index contributed by atoms with van der Waals surface area (Å²) < 4.78 is 0. The fraction of sp³-hybridized carbons (Fsp3) is 0.769. The summed E-state index contributed by atoms with van der Waals surface area (Å²) in [6.45, 7) is 2.21. The van der Waals surface area contributed by atoms with Gasteiger partial charge in [0.25, 0.3) is 0 Å². The van der Waals surface area contributed by atoms with Crippen LogP contribution < -0.4 is 5.73 Å². The van der Waals surface area contributed by atoms with E-state index in [1.165, 1.54) is 50.0 Å². The van der Waals surface area contributed by atoms with Crippen molar-refractivity contribution in [1.82, 2.24) is 4.98 Å². The van der Waals surface area contributed by atoms with Crippen LogP contribution >= 0.6 is 11.3 Å². The maximum atomic E-state index is 6.04. The molecular formula is C13H22N2S. The Morgan fingerprint density at radius 1 is 1.31 bits per heavy atom. The van der Waals surface area contributed by atoms with Gasteiger partial charge in [0.2, 0.25) is 0 Å². The number of aromatic nitrogens is 1. The minimum Gasteiger partial charge on any atom is -0.389 e. The fourth-order valence-electron chi connectivity index (χ4n) is 2.43. The van der Waals surface area contributed by atoms with Crippen LogP contribution in [-0.2, 0) is 6.42 Å². The molecule has 2 nitrogen and oxygen atoms in total. The number of nitrogens with two attached hydrogens (primary N) is 1. The highest BCUT2D eigenvalue weighted by Crippen LogP contribution is 2.37. The average Bonchev–Trinajstić information content (AvgIpc) is 2.69. The van der Waals surface area contributed by atoms with Crippen molar-refractivity contribution in [2.24, 2.45) is 0 Å². The Hall–Kier alpha value is -0.570. The molecule has 0 atom stereocenters. The molecule has 0 aromatic carbocycles. The smallest absolute Gasteiger partial charge is 0.109 e. The van der Waals surface area contributed by atoms with Crippen LogP contribution in [-0.4, -0.2) is 4.98 Å². The first-order valence-electron chi connectivity index (χ1n) is 6.56. The zero-order valence-electron chi connectivity index (χ0n) is 10.2. The topological polar surface area (TPSA) is 38.9 Å². The standard InChI is InChI=1S/C13H22N2S/c1-2-3-9-11-12(14)16-13(15-11)10-7-5-4-6-8-10/h10H,2-9,14H2,1H3. The number of nitrogen functional groups attached to an aromatic ring is 1. The summed E-state index contributed by atoms with van der Waals surface area (Å²) in [4.78, 5) is 4.76. The number of thiazole rings is 1. The number of nitrogens with zero attached hydrogens (tertiary/aromatic N) is 1. The van der Waals surface area contributed by atoms with E-state index in [4.69, 9.17) is 10.7 Å². The minimum atomic E-state index is 0.705. The predicted octanol–water partition coefficient (Wildman–Crippen LogP) is 4.12. The monoisotopic (exact) mass is 238 g/mol. The maximum Gasteiger partial charge on any atom is 0.109 e. The lowest BCUT2D eigenvalue weighted by Gasteiger charge is -2.18. The lowest BCUT2D eigenvalue weighted by molar-refractivity contribution is 0.442. The molecule has 0 bridgehead atoms. The van der Waals surface area contributed by atoms with Crippen LogP contribution in [0.3, 0.4) is 0 Å². The van der Waals surface area contributed by atoms with Crippen LogP contribution in [0, 0.1) is 0 Å². The number of rotatable bonds is 4. The molecule has 16 heavy (non-hydrogen) atoms. The Morgan fingerprint density at radius 3 is 2.75 bits per heavy atom. The highest BCUT2D eigenvalue weighted by Gasteiger charge is 2.20. The fourth-order valence-corrected chi connectivity index (χ4v) is 3.48. The van der Waals surface area contributed by atoms with Crippen molar-refractivity contribution in [2.75, 3.05) is 5.73 Å². The maximum absolute atomic E-state index is 6.04. The third-order valence-corrected chi connectivity index (χ3v) is 4.55. The highest BCUT2D eigenvalue weighted by atomic mass is 32.1. The second kappa shape index (κ2) is 5.67. The third-order valence-electron chi connectivity index (χ3n) is 3.47. The molecule has 3 heteroatoms. The van der Waals surface area contributed by atoms with E-state index in [1.807, 2.05) is 0 Å². The van der Waals surface area contributed by atoms with E-state index in [0.29, 0.717) is 5.92 Å². The molecule has 2 N–H and O–H groups in total. The molecule has 0 unspecified atom stereocenters. The molecule has 0 saturated heterocycles. The van der Waals surface area contributed by atoms with Crippen LogP contribution in [0.2, 0.25) is 0 Å². The van der Waals surface area contributed by atoms with Crippen molar-refractivity contribution in [3.63, 3.8) is 0 Å². The Labute approximate surface area is 102 Å². The molecule has 1 aromatic heterocycles. The highest BCUT2D eigenvalue weighted by molar-refractivity contribution is 7.15. The summed E-state index contributed by atoms with van der Waals surface area (Å²) in [5, 5.41) is 2.28. The summed E-state index contributed by atoms with van der Waals surface area (Å²) in [6.07, 6.45) is 10.3. The van der Waals surface area contributed by atoms with Gasteiger partial charge in [-0.15, -0.1) is 11.3 Å². The van der Waals surface area contributed by atoms with Crippen LogP contribution in [0.1, 0.15) is 68.5 Å². The van der Waals surface area contributed by atoms with Gasteiger partial charge in [-0.3, -0.25) is 0 Å². The molecule has 1 aliphatic carbocycles. The van der Waals surface area contributed by atoms with E-state index >= 15 is 0 Å². The molecule has 1 heterocycles. The van der Waals surface area contributed by atoms with Gasteiger partial charge in [0.1, 0.15) is 5.00 Å². The van der Waals surface area contributed by atoms with Gasteiger partial charge >= 0.3 is 0 Å². The largest absolute Gasteiger partial charge is 0.389 e. The van der Waals surface area contributed by atoms with Crippen molar-refractivity contribution >= 4 is 16.3 Å². The normalized spacial score (nSPS) is 17.8. The molecule has 0 radical (unpaired) electrons. The summed E-state index contributed by atoms with van der Waals surface area (Å²) in [5.41, 5.74) is 7.20. The van der Waals surface area contributed by atoms with E-state index in [9.17, 15) is 0 Å². The molecular weight excluding hydrogens is 216 g/mol. The molecule has 1 fully saturated rings. The van der Waals surface area contributed by atoms with Crippen molar-refractivity contribution in [1.29, 1.82) is 0 Å². The zero-order chi connectivity index (χ0) is 11.4. The molecule has 0 amide bonds. The number of hydrogen-bond donors (Lipinski definition) is 1. The lowest BCUT2D eigenvalue weighted by atomic mass is 9.90. The number of unbranched alkanes of at least 4 members (excludes halogenated alkanes) is 1. The van der Waals surface area contributed by atoms with Crippen molar-refractivity contribution < 1.29 is 0 Å². The first-order valence-corrected chi connectivity index (χ1v) is 7.38. The Morgan fingerprint density at radius 2 is 2.06 bits per heavy atom. The van der Waals surface area contributed by atoms with Crippen molar-refractivity contribution in [3.05, 3.63) is 10.7 Å². The number of aryl methyl sites for hydroxylation is 1. The van der Waals surface area contributed by atoms with Crippen LogP contribution in [0.25, 0.3) is 0 Å². The van der Waals surface area contributed by atoms with Gasteiger partial charge in [0.15, 0.2) is 0 Å². The zero-order valence-corrected chi connectivity index (χ0v) is 11.0. The Bertz CT molecular complexity index is 327. The molecule has 2 rings (SSSR count). The van der Waals surface area contributed by atoms with Crippen LogP contribution in [0.4, 0.5) is 5.00 Å². The summed E-state index contributed by atoms with van der Waals surface area (Å²) >= 11 is 1.74. The van der Waals surface area contributed by atoms with Crippen LogP contribution in [0.5, 0.6) is 0 Å². The van der Waals surface area contributed by atoms with E-state index in [1.54, 1.807) is 11.3 Å². The molecule has 1 aliphatic rings. The van der Waals surface area contributed by atoms with E-state index < -0.39 is 0 Å². The van der Waals surface area contributed by atoms with Gasteiger partial charge in [0.05, 0.1) is 10.7 Å². The van der Waals surface area contributed by atoms with Gasteiger partial charge < -0.3 is 5.73 Å². The molecule has 90 valence electrons. The quantitative estimate of drug-likeness (QED) is 0.857. The van der Waals surface area contributed by atoms with Crippen LogP contribution in [0.15, 0.2) is 0 Å². The SMILES string of the molecule is CCCCc1nc(C2CCCCC2)sc1N. The summed E-state index contributed by atoms with van der Waals surface area (Å²) in [5.74, 6) is 0.705. The third kappa shape index (κ3) is 2.76. The van der Waals surface area contributed by atoms with Crippen molar-refractivity contribution in [2.45, 2.75) is 64.2 Å². The van der Waals surface area contributed by atoms with Gasteiger partial charge in [-0.25, -0.2) is 4.98 Å². The lowest BCUT2D eigenvalue weighted by Crippen LogP contribution is -2.04. The summed E-state index contributed by atoms with van der Waals surface area (Å²) in [6, 6.07) is 0. The minimum absolute atomic E-state index is 0.705. The van der Waals surface area contributed by atoms with E-state index in [-0.39, 0.29) is 0 Å². The van der Waals surface area contributed by atoms with E-state index in [0.717, 1.165) is 17.1 Å². The van der Waals surface area contributed by atoms with Gasteiger partial charge in [0, 0.05) is 5.92 Å². The van der Waals surface area contributed by atoms with Gasteiger partial charge in [-0.1, -0.05) is 32.6 Å². The first kappa shape index (κ1) is 11.9. The second-order valence-corrected chi connectivity index (χ2v) is 5.86. The average molecular weight is 238 g/mol. The van der Waals surface area contributed by atoms with E-state index in [2.05, 4.69) is 6.92 Å².